The molecule has 0 unspecified atom stereocenters. The Hall–Kier alpha value is -2.95. The highest BCUT2D eigenvalue weighted by Gasteiger charge is 2.07. The summed E-state index contributed by atoms with van der Waals surface area (Å²) in [6, 6.07) is 12.1. The van der Waals surface area contributed by atoms with Gasteiger partial charge in [0.05, 0.1) is 11.9 Å². The molecule has 0 aliphatic carbocycles. The number of nitrogens with one attached hydrogen (secondary N) is 1. The first-order valence-corrected chi connectivity index (χ1v) is 6.30. The molecule has 5 nitrogen and oxygen atoms in total. The van der Waals surface area contributed by atoms with E-state index in [0.717, 1.165) is 28.0 Å². The maximum absolute atomic E-state index is 4.37. The molecule has 0 atom stereocenters. The highest BCUT2D eigenvalue weighted by atomic mass is 15.2. The lowest BCUT2D eigenvalue weighted by molar-refractivity contribution is 0.939. The first-order chi connectivity index (χ1) is 9.92. The lowest BCUT2D eigenvalue weighted by Crippen LogP contribution is -1.87. The number of hydrogen-bond acceptors (Lipinski definition) is 3. The molecule has 5 heteroatoms. The second-order valence-electron chi connectivity index (χ2n) is 4.49. The van der Waals surface area contributed by atoms with Gasteiger partial charge >= 0.3 is 0 Å². The van der Waals surface area contributed by atoms with Gasteiger partial charge in [-0.05, 0) is 23.3 Å². The number of aromatic amines is 1. The summed E-state index contributed by atoms with van der Waals surface area (Å²) in [6.45, 7) is 0. The van der Waals surface area contributed by atoms with Crippen LogP contribution in [0.25, 0.3) is 28.0 Å². The van der Waals surface area contributed by atoms with Gasteiger partial charge < -0.3 is 0 Å². The maximum Gasteiger partial charge on any atom is 0.162 e. The molecule has 3 heterocycles. The Kier molecular flexibility index (Phi) is 2.35. The smallest absolute Gasteiger partial charge is 0.162 e. The van der Waals surface area contributed by atoms with Crippen LogP contribution in [-0.2, 0) is 0 Å². The molecule has 0 saturated carbocycles. The van der Waals surface area contributed by atoms with Crippen molar-refractivity contribution in [3.63, 3.8) is 0 Å². The zero-order valence-electron chi connectivity index (χ0n) is 10.6. The van der Waals surface area contributed by atoms with Crippen LogP contribution >= 0.6 is 0 Å². The van der Waals surface area contributed by atoms with Gasteiger partial charge in [-0.2, -0.15) is 10.2 Å². The van der Waals surface area contributed by atoms with Crippen molar-refractivity contribution in [3.8, 4) is 22.4 Å². The van der Waals surface area contributed by atoms with Crippen LogP contribution in [0.4, 0.5) is 0 Å². The van der Waals surface area contributed by atoms with Gasteiger partial charge in [-0.1, -0.05) is 24.3 Å². The van der Waals surface area contributed by atoms with Gasteiger partial charge in [0.25, 0.3) is 0 Å². The topological polar surface area (TPSA) is 58.9 Å². The molecule has 0 radical (unpaired) electrons. The number of rotatable bonds is 2. The average molecular weight is 261 g/mol. The standard InChI is InChI=1S/C15H11N5/c1-7-16-15-13(10-18-20(15)9-1)11-2-4-12(5-3-11)14-6-8-17-19-14/h1-10H,(H,17,19). The van der Waals surface area contributed by atoms with Crippen molar-refractivity contribution in [1.82, 2.24) is 24.8 Å². The largest absolute Gasteiger partial charge is 0.278 e. The van der Waals surface area contributed by atoms with Crippen molar-refractivity contribution < 1.29 is 0 Å². The van der Waals surface area contributed by atoms with Crippen molar-refractivity contribution in [2.24, 2.45) is 0 Å². The fourth-order valence-electron chi connectivity index (χ4n) is 2.28. The van der Waals surface area contributed by atoms with Crippen molar-refractivity contribution >= 4 is 5.65 Å². The molecule has 20 heavy (non-hydrogen) atoms. The minimum Gasteiger partial charge on any atom is -0.278 e. The molecule has 3 aromatic heterocycles. The molecule has 1 aromatic carbocycles. The second-order valence-corrected chi connectivity index (χ2v) is 4.49. The average Bonchev–Trinajstić information content (AvgIpc) is 3.17. The molecule has 0 fully saturated rings. The number of fused-ring (bicyclic) bond motifs is 1. The van der Waals surface area contributed by atoms with Crippen LogP contribution < -0.4 is 0 Å². The van der Waals surface area contributed by atoms with E-state index in [9.17, 15) is 0 Å². The van der Waals surface area contributed by atoms with E-state index in [0.29, 0.717) is 0 Å². The highest BCUT2D eigenvalue weighted by Crippen LogP contribution is 2.25. The minimum atomic E-state index is 0.863. The second kappa shape index (κ2) is 4.31. The third-order valence-electron chi connectivity index (χ3n) is 3.29. The Morgan fingerprint density at radius 1 is 0.950 bits per heavy atom. The quantitative estimate of drug-likeness (QED) is 0.603. The van der Waals surface area contributed by atoms with Crippen LogP contribution in [0.2, 0.25) is 0 Å². The highest BCUT2D eigenvalue weighted by molar-refractivity contribution is 5.78. The molecule has 4 aromatic rings. The Morgan fingerprint density at radius 2 is 1.80 bits per heavy atom. The van der Waals surface area contributed by atoms with E-state index < -0.39 is 0 Å². The number of H-pyrrole nitrogens is 1. The van der Waals surface area contributed by atoms with Crippen LogP contribution in [0.5, 0.6) is 0 Å². The molecule has 0 aliphatic rings. The predicted octanol–water partition coefficient (Wildman–Crippen LogP) is 2.79. The molecule has 0 spiro atoms. The van der Waals surface area contributed by atoms with Gasteiger partial charge in [0.2, 0.25) is 0 Å². The molecular weight excluding hydrogens is 250 g/mol. The summed E-state index contributed by atoms with van der Waals surface area (Å²) in [4.78, 5) is 4.37. The molecule has 96 valence electrons. The Balaban J connectivity index is 1.79. The summed E-state index contributed by atoms with van der Waals surface area (Å²) in [5.41, 5.74) is 5.11. The fraction of sp³-hybridized carbons (Fsp3) is 0. The van der Waals surface area contributed by atoms with Gasteiger partial charge in [0, 0.05) is 24.2 Å². The zero-order valence-corrected chi connectivity index (χ0v) is 10.6. The Labute approximate surface area is 114 Å². The van der Waals surface area contributed by atoms with E-state index in [1.165, 1.54) is 0 Å². The summed E-state index contributed by atoms with van der Waals surface area (Å²) in [7, 11) is 0. The molecule has 4 rings (SSSR count). The van der Waals surface area contributed by atoms with Gasteiger partial charge in [0.1, 0.15) is 0 Å². The number of aromatic nitrogens is 5. The molecule has 0 bridgehead atoms. The van der Waals surface area contributed by atoms with Crippen LogP contribution in [0, 0.1) is 0 Å². The van der Waals surface area contributed by atoms with Crippen molar-refractivity contribution in [2.45, 2.75) is 0 Å². The Bertz CT molecular complexity index is 844. The lowest BCUT2D eigenvalue weighted by atomic mass is 10.1. The molecule has 0 saturated heterocycles. The normalized spacial score (nSPS) is 11.0. The van der Waals surface area contributed by atoms with Crippen LogP contribution in [0.3, 0.4) is 0 Å². The summed E-state index contributed by atoms with van der Waals surface area (Å²) in [5, 5.41) is 11.2. The number of hydrogen-bond donors (Lipinski definition) is 1. The van der Waals surface area contributed by atoms with Crippen molar-refractivity contribution in [3.05, 3.63) is 61.2 Å². The van der Waals surface area contributed by atoms with E-state index in [1.807, 2.05) is 24.5 Å². The van der Waals surface area contributed by atoms with E-state index in [2.05, 4.69) is 44.5 Å². The third-order valence-corrected chi connectivity index (χ3v) is 3.29. The van der Waals surface area contributed by atoms with Crippen LogP contribution in [0.1, 0.15) is 0 Å². The van der Waals surface area contributed by atoms with Crippen molar-refractivity contribution in [2.75, 3.05) is 0 Å². The van der Waals surface area contributed by atoms with Gasteiger partial charge in [-0.25, -0.2) is 9.50 Å². The molecule has 1 N–H and O–H groups in total. The predicted molar refractivity (Wildman–Crippen MR) is 76.0 cm³/mol. The lowest BCUT2D eigenvalue weighted by Gasteiger charge is -2.01. The first-order valence-electron chi connectivity index (χ1n) is 6.30. The molecule has 0 amide bonds. The first kappa shape index (κ1) is 10.9. The minimum absolute atomic E-state index is 0.863. The van der Waals surface area contributed by atoms with E-state index >= 15 is 0 Å². The summed E-state index contributed by atoms with van der Waals surface area (Å²) in [5.74, 6) is 0. The van der Waals surface area contributed by atoms with Crippen LogP contribution in [-0.4, -0.2) is 24.8 Å². The summed E-state index contributed by atoms with van der Waals surface area (Å²) < 4.78 is 1.78. The monoisotopic (exact) mass is 261 g/mol. The van der Waals surface area contributed by atoms with Gasteiger partial charge in [-0.15, -0.1) is 0 Å². The van der Waals surface area contributed by atoms with Crippen LogP contribution in [0.15, 0.2) is 61.2 Å². The van der Waals surface area contributed by atoms with E-state index in [4.69, 9.17) is 0 Å². The maximum atomic E-state index is 4.37. The molecular formula is C15H11N5. The zero-order chi connectivity index (χ0) is 13.4. The number of benzene rings is 1. The molecule has 0 aliphatic heterocycles. The fourth-order valence-corrected chi connectivity index (χ4v) is 2.28. The summed E-state index contributed by atoms with van der Waals surface area (Å²) >= 11 is 0. The van der Waals surface area contributed by atoms with Gasteiger partial charge in [-0.3, -0.25) is 5.10 Å². The van der Waals surface area contributed by atoms with E-state index in [-0.39, 0.29) is 0 Å². The van der Waals surface area contributed by atoms with Crippen molar-refractivity contribution in [1.29, 1.82) is 0 Å². The SMILES string of the molecule is c1cnc2c(-c3ccc(-c4ccn[nH]4)cc3)cnn2c1. The Morgan fingerprint density at radius 3 is 2.60 bits per heavy atom. The number of nitrogens with zero attached hydrogens (tertiary/aromatic N) is 4. The third kappa shape index (κ3) is 1.68. The summed E-state index contributed by atoms with van der Waals surface area (Å²) in [6.07, 6.45) is 7.26. The van der Waals surface area contributed by atoms with Gasteiger partial charge in [0.15, 0.2) is 5.65 Å². The van der Waals surface area contributed by atoms with E-state index in [1.54, 1.807) is 16.9 Å².